The van der Waals surface area contributed by atoms with E-state index in [0.29, 0.717) is 12.8 Å². The van der Waals surface area contributed by atoms with Crippen LogP contribution in [0.25, 0.3) is 0 Å². The average molecular weight is 933 g/mol. The van der Waals surface area contributed by atoms with Crippen LogP contribution >= 0.6 is 0 Å². The van der Waals surface area contributed by atoms with E-state index < -0.39 is 36.9 Å². The van der Waals surface area contributed by atoms with Gasteiger partial charge in [0.25, 0.3) is 0 Å². The van der Waals surface area contributed by atoms with E-state index >= 15 is 0 Å². The molecule has 0 aliphatic carbocycles. The summed E-state index contributed by atoms with van der Waals surface area (Å²) in [6.07, 6.45) is 66.9. The van der Waals surface area contributed by atoms with Crippen LogP contribution < -0.4 is 5.32 Å². The van der Waals surface area contributed by atoms with E-state index in [1.165, 1.54) is 250 Å². The van der Waals surface area contributed by atoms with Gasteiger partial charge in [0.1, 0.15) is 12.2 Å². The van der Waals surface area contributed by atoms with Crippen LogP contribution in [0.15, 0.2) is 24.3 Å². The monoisotopic (exact) mass is 932 g/mol. The van der Waals surface area contributed by atoms with Gasteiger partial charge in [-0.3, -0.25) is 4.79 Å². The van der Waals surface area contributed by atoms with E-state index in [-0.39, 0.29) is 0 Å². The molecule has 0 radical (unpaired) electrons. The van der Waals surface area contributed by atoms with Crippen molar-refractivity contribution in [1.82, 2.24) is 5.32 Å². The fourth-order valence-corrected chi connectivity index (χ4v) is 9.46. The molecule has 0 fully saturated rings. The zero-order chi connectivity index (χ0) is 48.1. The Kier molecular flexibility index (Phi) is 53.7. The molecule has 1 amide bonds. The highest BCUT2D eigenvalue weighted by molar-refractivity contribution is 5.80. The van der Waals surface area contributed by atoms with Gasteiger partial charge in [-0.05, 0) is 64.2 Å². The van der Waals surface area contributed by atoms with E-state index in [1.807, 2.05) is 0 Å². The number of aliphatic hydroxyl groups excluding tert-OH is 4. The van der Waals surface area contributed by atoms with Crippen LogP contribution in [0.1, 0.15) is 322 Å². The van der Waals surface area contributed by atoms with Crippen LogP contribution in [0.5, 0.6) is 0 Å². The number of rotatable bonds is 55. The molecule has 0 saturated carbocycles. The summed E-state index contributed by atoms with van der Waals surface area (Å²) in [5.74, 6) is -0.593. The topological polar surface area (TPSA) is 110 Å². The van der Waals surface area contributed by atoms with Crippen LogP contribution in [0.2, 0.25) is 0 Å². The first-order chi connectivity index (χ1) is 32.5. The molecular weight excluding hydrogens is 815 g/mol. The van der Waals surface area contributed by atoms with Crippen molar-refractivity contribution in [3.63, 3.8) is 0 Å². The summed E-state index contributed by atoms with van der Waals surface area (Å²) in [7, 11) is 0. The molecule has 0 aliphatic rings. The summed E-state index contributed by atoms with van der Waals surface area (Å²) in [5.41, 5.74) is 0. The second-order valence-electron chi connectivity index (χ2n) is 20.7. The molecule has 6 nitrogen and oxygen atoms in total. The molecule has 66 heavy (non-hydrogen) atoms. The highest BCUT2D eigenvalue weighted by atomic mass is 16.3. The molecule has 0 aliphatic heterocycles. The van der Waals surface area contributed by atoms with Gasteiger partial charge in [0.2, 0.25) is 5.91 Å². The average Bonchev–Trinajstić information content (AvgIpc) is 3.32. The molecule has 4 unspecified atom stereocenters. The molecule has 0 bridgehead atoms. The van der Waals surface area contributed by atoms with E-state index in [9.17, 15) is 25.2 Å². The zero-order valence-corrected chi connectivity index (χ0v) is 44.5. The standard InChI is InChI=1S/C60H117NO5/c1-3-5-7-9-11-13-15-17-19-21-23-25-27-28-29-30-31-32-34-35-37-39-41-43-45-47-49-51-53-57(63)59(65)56(55-62)61-60(66)58(64)54-52-50-48-46-44-42-40-38-36-33-26-24-22-20-18-16-14-12-10-8-6-4-2/h36,38,45,47,56-59,62-65H,3-35,37,39-44,46,48-55H2,1-2H3,(H,61,66)/b38-36-,47-45+. The summed E-state index contributed by atoms with van der Waals surface area (Å²) in [6.45, 7) is 4.08. The van der Waals surface area contributed by atoms with Gasteiger partial charge in [0.15, 0.2) is 0 Å². The molecule has 0 aromatic carbocycles. The molecule has 0 heterocycles. The maximum atomic E-state index is 12.6. The fraction of sp³-hybridized carbons (Fsp3) is 0.917. The van der Waals surface area contributed by atoms with Gasteiger partial charge in [-0.2, -0.15) is 0 Å². The quantitative estimate of drug-likeness (QED) is 0.0308. The first kappa shape index (κ1) is 64.8. The largest absolute Gasteiger partial charge is 0.394 e. The summed E-state index contributed by atoms with van der Waals surface area (Å²) >= 11 is 0. The minimum atomic E-state index is -1.28. The maximum Gasteiger partial charge on any atom is 0.249 e. The number of carbonyl (C=O) groups excluding carboxylic acids is 1. The van der Waals surface area contributed by atoms with Crippen LogP contribution in [0, 0.1) is 0 Å². The third-order valence-electron chi connectivity index (χ3n) is 14.1. The second-order valence-corrected chi connectivity index (χ2v) is 20.7. The van der Waals surface area contributed by atoms with Crippen molar-refractivity contribution in [3.05, 3.63) is 24.3 Å². The minimum Gasteiger partial charge on any atom is -0.394 e. The number of allylic oxidation sites excluding steroid dienone is 4. The number of carbonyl (C=O) groups is 1. The first-order valence-corrected chi connectivity index (χ1v) is 29.7. The zero-order valence-electron chi connectivity index (χ0n) is 44.5. The molecule has 0 saturated heterocycles. The van der Waals surface area contributed by atoms with Gasteiger partial charge in [-0.25, -0.2) is 0 Å². The highest BCUT2D eigenvalue weighted by Gasteiger charge is 2.28. The Hall–Kier alpha value is -1.21. The number of nitrogens with one attached hydrogen (secondary N) is 1. The number of aliphatic hydroxyl groups is 4. The van der Waals surface area contributed by atoms with Gasteiger partial charge in [-0.15, -0.1) is 0 Å². The Balaban J connectivity index is 3.63. The SMILES string of the molecule is CCCCCCCCCCCCCC/C=C\CCCCCCCCC(O)C(=O)NC(CO)C(O)C(O)CCC/C=C/CCCCCCCCCCCCCCCCCCCCCCCCC. The van der Waals surface area contributed by atoms with Crippen LogP contribution in [-0.2, 0) is 4.79 Å². The summed E-state index contributed by atoms with van der Waals surface area (Å²) < 4.78 is 0. The lowest BCUT2D eigenvalue weighted by Gasteiger charge is -2.27. The predicted molar refractivity (Wildman–Crippen MR) is 288 cm³/mol. The Bertz CT molecular complexity index is 1000. The summed E-state index contributed by atoms with van der Waals surface area (Å²) in [6, 6.07) is -1.00. The van der Waals surface area contributed by atoms with Crippen molar-refractivity contribution in [2.75, 3.05) is 6.61 Å². The van der Waals surface area contributed by atoms with Crippen molar-refractivity contribution in [3.8, 4) is 0 Å². The Morgan fingerprint density at radius 2 is 0.621 bits per heavy atom. The van der Waals surface area contributed by atoms with Crippen molar-refractivity contribution in [2.45, 2.75) is 346 Å². The van der Waals surface area contributed by atoms with Crippen molar-refractivity contribution in [1.29, 1.82) is 0 Å². The fourth-order valence-electron chi connectivity index (χ4n) is 9.46. The van der Waals surface area contributed by atoms with Crippen molar-refractivity contribution >= 4 is 5.91 Å². The first-order valence-electron chi connectivity index (χ1n) is 29.7. The van der Waals surface area contributed by atoms with Crippen molar-refractivity contribution < 1.29 is 25.2 Å². The molecule has 5 N–H and O–H groups in total. The lowest BCUT2D eigenvalue weighted by atomic mass is 10.00. The molecular formula is C60H117NO5. The van der Waals surface area contributed by atoms with Gasteiger partial charge in [0, 0.05) is 0 Å². The summed E-state index contributed by atoms with van der Waals surface area (Å²) in [5, 5.41) is 44.0. The second kappa shape index (κ2) is 54.7. The molecule has 0 aromatic heterocycles. The van der Waals surface area contributed by atoms with Gasteiger partial charge in [-0.1, -0.05) is 282 Å². The molecule has 4 atom stereocenters. The number of hydrogen-bond donors (Lipinski definition) is 5. The van der Waals surface area contributed by atoms with Gasteiger partial charge in [0.05, 0.1) is 18.8 Å². The highest BCUT2D eigenvalue weighted by Crippen LogP contribution is 2.18. The molecule has 0 rings (SSSR count). The lowest BCUT2D eigenvalue weighted by Crippen LogP contribution is -2.53. The number of amides is 1. The predicted octanol–water partition coefficient (Wildman–Crippen LogP) is 17.4. The number of unbranched alkanes of at least 4 members (excludes halogenated alkanes) is 42. The third kappa shape index (κ3) is 47.8. The molecule has 0 spiro atoms. The molecule has 6 heteroatoms. The van der Waals surface area contributed by atoms with Crippen LogP contribution in [0.4, 0.5) is 0 Å². The smallest absolute Gasteiger partial charge is 0.249 e. The van der Waals surface area contributed by atoms with E-state index in [2.05, 4.69) is 43.5 Å². The van der Waals surface area contributed by atoms with Crippen LogP contribution in [0.3, 0.4) is 0 Å². The lowest BCUT2D eigenvalue weighted by molar-refractivity contribution is -0.132. The van der Waals surface area contributed by atoms with E-state index in [4.69, 9.17) is 0 Å². The number of hydrogen-bond acceptors (Lipinski definition) is 5. The van der Waals surface area contributed by atoms with Crippen LogP contribution in [-0.4, -0.2) is 57.3 Å². The Labute approximate surface area is 412 Å². The normalized spacial score (nSPS) is 13.8. The summed E-state index contributed by atoms with van der Waals surface area (Å²) in [4.78, 5) is 12.6. The Morgan fingerprint density at radius 3 is 0.909 bits per heavy atom. The van der Waals surface area contributed by atoms with E-state index in [1.54, 1.807) is 0 Å². The third-order valence-corrected chi connectivity index (χ3v) is 14.1. The van der Waals surface area contributed by atoms with Crippen molar-refractivity contribution in [2.24, 2.45) is 0 Å². The Morgan fingerprint density at radius 1 is 0.364 bits per heavy atom. The molecule has 392 valence electrons. The molecule has 0 aromatic rings. The van der Waals surface area contributed by atoms with Gasteiger partial charge < -0.3 is 25.7 Å². The van der Waals surface area contributed by atoms with Gasteiger partial charge >= 0.3 is 0 Å². The maximum absolute atomic E-state index is 12.6. The minimum absolute atomic E-state index is 0.358. The van der Waals surface area contributed by atoms with E-state index in [0.717, 1.165) is 44.9 Å².